The van der Waals surface area contributed by atoms with E-state index < -0.39 is 5.97 Å². The second kappa shape index (κ2) is 6.33. The van der Waals surface area contributed by atoms with Crippen molar-refractivity contribution >= 4 is 11.9 Å². The van der Waals surface area contributed by atoms with Gasteiger partial charge in [0.2, 0.25) is 0 Å². The number of ether oxygens (including phenoxy) is 2. The molecule has 0 aliphatic rings. The Morgan fingerprint density at radius 3 is 1.89 bits per heavy atom. The van der Waals surface area contributed by atoms with Gasteiger partial charge in [-0.25, -0.2) is 9.59 Å². The number of carbonyl (C=O) groups is 2. The summed E-state index contributed by atoms with van der Waals surface area (Å²) in [7, 11) is 7.40. The summed E-state index contributed by atoms with van der Waals surface area (Å²) in [6, 6.07) is 6.20. The Balaban J connectivity index is 2.56. The maximum atomic E-state index is 11.7. The van der Waals surface area contributed by atoms with Gasteiger partial charge in [-0.05, 0) is 24.3 Å². The Labute approximate surface area is 113 Å². The maximum Gasteiger partial charge on any atom is 0.338 e. The van der Waals surface area contributed by atoms with Crippen LogP contribution >= 0.6 is 0 Å². The lowest BCUT2D eigenvalue weighted by molar-refractivity contribution is -0.870. The van der Waals surface area contributed by atoms with Gasteiger partial charge in [0.1, 0.15) is 13.2 Å². The highest BCUT2D eigenvalue weighted by Crippen LogP contribution is 2.07. The molecule has 0 N–H and O–H groups in total. The molecule has 19 heavy (non-hydrogen) atoms. The zero-order chi connectivity index (χ0) is 14.5. The predicted octanol–water partition coefficient (Wildman–Crippen LogP) is 1.34. The quantitative estimate of drug-likeness (QED) is 0.596. The summed E-state index contributed by atoms with van der Waals surface area (Å²) in [5, 5.41) is 0. The van der Waals surface area contributed by atoms with Crippen LogP contribution in [0.1, 0.15) is 20.7 Å². The Morgan fingerprint density at radius 1 is 1.00 bits per heavy atom. The summed E-state index contributed by atoms with van der Waals surface area (Å²) in [6.07, 6.45) is 0. The Bertz CT molecular complexity index is 446. The summed E-state index contributed by atoms with van der Waals surface area (Å²) in [5.74, 6) is -0.810. The third-order valence-corrected chi connectivity index (χ3v) is 2.54. The number of hydrogen-bond donors (Lipinski definition) is 0. The van der Waals surface area contributed by atoms with Gasteiger partial charge in [0.25, 0.3) is 0 Å². The molecule has 0 heterocycles. The normalized spacial score (nSPS) is 10.9. The van der Waals surface area contributed by atoms with E-state index in [-0.39, 0.29) is 5.97 Å². The minimum atomic E-state index is -0.426. The van der Waals surface area contributed by atoms with E-state index in [0.29, 0.717) is 17.7 Å². The van der Waals surface area contributed by atoms with Gasteiger partial charge in [-0.2, -0.15) is 0 Å². The van der Waals surface area contributed by atoms with Crippen LogP contribution in [0, 0.1) is 0 Å². The average Bonchev–Trinajstić information content (AvgIpc) is 2.36. The predicted molar refractivity (Wildman–Crippen MR) is 71.0 cm³/mol. The molecule has 0 aromatic heterocycles. The first kappa shape index (κ1) is 15.2. The van der Waals surface area contributed by atoms with Crippen LogP contribution in [0.2, 0.25) is 0 Å². The van der Waals surface area contributed by atoms with E-state index in [9.17, 15) is 9.59 Å². The molecule has 5 heteroatoms. The minimum absolute atomic E-state index is 0.362. The van der Waals surface area contributed by atoms with E-state index >= 15 is 0 Å². The summed E-state index contributed by atoms with van der Waals surface area (Å²) in [5.41, 5.74) is 0.833. The van der Waals surface area contributed by atoms with Crippen molar-refractivity contribution in [3.63, 3.8) is 0 Å². The van der Waals surface area contributed by atoms with Crippen molar-refractivity contribution in [1.82, 2.24) is 0 Å². The van der Waals surface area contributed by atoms with Gasteiger partial charge >= 0.3 is 11.9 Å². The fraction of sp³-hybridized carbons (Fsp3) is 0.429. The first-order valence-electron chi connectivity index (χ1n) is 5.99. The van der Waals surface area contributed by atoms with Gasteiger partial charge in [-0.15, -0.1) is 0 Å². The van der Waals surface area contributed by atoms with Crippen molar-refractivity contribution in [2.24, 2.45) is 0 Å². The molecule has 1 rings (SSSR count). The van der Waals surface area contributed by atoms with E-state index in [1.807, 2.05) is 21.1 Å². The molecular weight excluding hydrogens is 246 g/mol. The Kier molecular flexibility index (Phi) is 5.06. The number of carbonyl (C=O) groups excluding carboxylic acids is 2. The molecule has 0 saturated carbocycles. The number of nitrogens with zero attached hydrogens (tertiary/aromatic N) is 1. The fourth-order valence-electron chi connectivity index (χ4n) is 1.36. The largest absolute Gasteiger partial charge is 0.465 e. The standard InChI is InChI=1S/C14H20NO4/c1-15(2,3)9-10-19-14(17)12-7-5-11(6-8-12)13(16)18-4/h5-8H,9-10H2,1-4H3/q+1. The molecule has 0 aliphatic heterocycles. The highest BCUT2D eigenvalue weighted by molar-refractivity contribution is 5.93. The zero-order valence-corrected chi connectivity index (χ0v) is 11.8. The summed E-state index contributed by atoms with van der Waals surface area (Å²) >= 11 is 0. The molecule has 0 amide bonds. The van der Waals surface area contributed by atoms with E-state index in [1.54, 1.807) is 24.3 Å². The van der Waals surface area contributed by atoms with Crippen LogP contribution in [0.4, 0.5) is 0 Å². The maximum absolute atomic E-state index is 11.7. The van der Waals surface area contributed by atoms with Gasteiger partial charge in [0.15, 0.2) is 0 Å². The van der Waals surface area contributed by atoms with Crippen LogP contribution in [0.15, 0.2) is 24.3 Å². The van der Waals surface area contributed by atoms with Crippen LogP contribution in [0.25, 0.3) is 0 Å². The van der Waals surface area contributed by atoms with Crippen molar-refractivity contribution in [1.29, 1.82) is 0 Å². The lowest BCUT2D eigenvalue weighted by Crippen LogP contribution is -2.38. The number of likely N-dealkylation sites (N-methyl/N-ethyl adjacent to an activating group) is 1. The lowest BCUT2D eigenvalue weighted by Gasteiger charge is -2.23. The smallest absolute Gasteiger partial charge is 0.338 e. The summed E-state index contributed by atoms with van der Waals surface area (Å²) < 4.78 is 10.5. The lowest BCUT2D eigenvalue weighted by atomic mass is 10.1. The minimum Gasteiger partial charge on any atom is -0.465 e. The molecule has 0 bridgehead atoms. The van der Waals surface area contributed by atoms with Crippen LogP contribution in [-0.4, -0.2) is 57.8 Å². The van der Waals surface area contributed by atoms with Crippen molar-refractivity contribution in [2.45, 2.75) is 0 Å². The Hall–Kier alpha value is -1.88. The highest BCUT2D eigenvalue weighted by atomic mass is 16.5. The molecule has 0 radical (unpaired) electrons. The van der Waals surface area contributed by atoms with Crippen molar-refractivity contribution < 1.29 is 23.5 Å². The highest BCUT2D eigenvalue weighted by Gasteiger charge is 2.12. The van der Waals surface area contributed by atoms with Crippen molar-refractivity contribution in [2.75, 3.05) is 41.4 Å². The SMILES string of the molecule is COC(=O)c1ccc(C(=O)OCC[N+](C)(C)C)cc1. The van der Waals surface area contributed by atoms with Gasteiger partial charge < -0.3 is 14.0 Å². The topological polar surface area (TPSA) is 52.6 Å². The van der Waals surface area contributed by atoms with Crippen molar-refractivity contribution in [3.05, 3.63) is 35.4 Å². The fourth-order valence-corrected chi connectivity index (χ4v) is 1.36. The number of rotatable bonds is 5. The van der Waals surface area contributed by atoms with Crippen LogP contribution in [0.5, 0.6) is 0 Å². The van der Waals surface area contributed by atoms with Crippen LogP contribution in [-0.2, 0) is 9.47 Å². The summed E-state index contributed by atoms with van der Waals surface area (Å²) in [6.45, 7) is 1.10. The first-order chi connectivity index (χ1) is 8.83. The van der Waals surface area contributed by atoms with Crippen LogP contribution < -0.4 is 0 Å². The average molecular weight is 266 g/mol. The second-order valence-corrected chi connectivity index (χ2v) is 5.22. The second-order valence-electron chi connectivity index (χ2n) is 5.22. The number of quaternary nitrogens is 1. The molecule has 0 aliphatic carbocycles. The molecule has 5 nitrogen and oxygen atoms in total. The first-order valence-corrected chi connectivity index (χ1v) is 5.99. The number of benzene rings is 1. The van der Waals surface area contributed by atoms with Crippen LogP contribution in [0.3, 0.4) is 0 Å². The van der Waals surface area contributed by atoms with Gasteiger partial charge in [-0.1, -0.05) is 0 Å². The van der Waals surface area contributed by atoms with E-state index in [0.717, 1.165) is 11.0 Å². The molecule has 0 atom stereocenters. The van der Waals surface area contributed by atoms with E-state index in [1.165, 1.54) is 7.11 Å². The molecule has 0 fully saturated rings. The number of methoxy groups -OCH3 is 1. The zero-order valence-electron chi connectivity index (χ0n) is 11.8. The third-order valence-electron chi connectivity index (χ3n) is 2.54. The van der Waals surface area contributed by atoms with E-state index in [2.05, 4.69) is 4.74 Å². The molecule has 1 aromatic carbocycles. The Morgan fingerprint density at radius 2 is 1.47 bits per heavy atom. The van der Waals surface area contributed by atoms with Gasteiger partial charge in [-0.3, -0.25) is 0 Å². The molecular formula is C14H20NO4+. The third kappa shape index (κ3) is 5.09. The summed E-state index contributed by atoms with van der Waals surface area (Å²) in [4.78, 5) is 23.0. The van der Waals surface area contributed by atoms with E-state index in [4.69, 9.17) is 4.74 Å². The molecule has 0 saturated heterocycles. The number of hydrogen-bond acceptors (Lipinski definition) is 4. The monoisotopic (exact) mass is 266 g/mol. The molecule has 0 unspecified atom stereocenters. The molecule has 0 spiro atoms. The van der Waals surface area contributed by atoms with Gasteiger partial charge in [0, 0.05) is 0 Å². The molecule has 104 valence electrons. The number of esters is 2. The van der Waals surface area contributed by atoms with Crippen molar-refractivity contribution in [3.8, 4) is 0 Å². The van der Waals surface area contributed by atoms with Gasteiger partial charge in [0.05, 0.1) is 39.4 Å². The molecule has 1 aromatic rings.